The molecular weight excluding hydrogens is 238 g/mol. The molecule has 19 heavy (non-hydrogen) atoms. The fourth-order valence-electron chi connectivity index (χ4n) is 3.19. The third-order valence-corrected chi connectivity index (χ3v) is 4.40. The van der Waals surface area contributed by atoms with Gasteiger partial charge < -0.3 is 10.0 Å². The summed E-state index contributed by atoms with van der Waals surface area (Å²) in [5, 5.41) is 9.51. The van der Waals surface area contributed by atoms with E-state index in [1.54, 1.807) is 13.1 Å². The van der Waals surface area contributed by atoms with Gasteiger partial charge in [-0.3, -0.25) is 4.90 Å². The number of aromatic nitrogens is 1. The van der Waals surface area contributed by atoms with Gasteiger partial charge in [-0.05, 0) is 50.9 Å². The average molecular weight is 261 g/mol. The van der Waals surface area contributed by atoms with Crippen LogP contribution in [0.4, 0.5) is 5.82 Å². The van der Waals surface area contributed by atoms with Crippen LogP contribution in [0, 0.1) is 0 Å². The smallest absolute Gasteiger partial charge is 0.128 e. The van der Waals surface area contributed by atoms with Crippen molar-refractivity contribution in [2.75, 3.05) is 31.1 Å². The third-order valence-electron chi connectivity index (χ3n) is 4.40. The van der Waals surface area contributed by atoms with Crippen LogP contribution in [0.25, 0.3) is 0 Å². The first-order chi connectivity index (χ1) is 9.24. The van der Waals surface area contributed by atoms with Crippen LogP contribution in [0.1, 0.15) is 37.9 Å². The fourth-order valence-corrected chi connectivity index (χ4v) is 3.19. The summed E-state index contributed by atoms with van der Waals surface area (Å²) in [5.74, 6) is 1.05. The largest absolute Gasteiger partial charge is 0.389 e. The lowest BCUT2D eigenvalue weighted by atomic mass is 10.2. The molecular formula is C15H23N3O. The van der Waals surface area contributed by atoms with Gasteiger partial charge in [0.25, 0.3) is 0 Å². The van der Waals surface area contributed by atoms with Crippen molar-refractivity contribution in [1.29, 1.82) is 0 Å². The zero-order valence-electron chi connectivity index (χ0n) is 11.6. The number of anilines is 1. The van der Waals surface area contributed by atoms with E-state index in [2.05, 4.69) is 14.8 Å². The normalized spacial score (nSPS) is 26.0. The maximum atomic E-state index is 9.51. The number of aliphatic hydroxyl groups excluding tert-OH is 1. The molecule has 1 aromatic rings. The SMILES string of the molecule is CC(O)c1ccc(N2CCC(N3CCCC3)C2)nc1. The highest BCUT2D eigenvalue weighted by atomic mass is 16.3. The average Bonchev–Trinajstić information content (AvgIpc) is 3.10. The number of rotatable bonds is 3. The third kappa shape index (κ3) is 2.74. The molecule has 0 spiro atoms. The zero-order chi connectivity index (χ0) is 13.2. The van der Waals surface area contributed by atoms with E-state index < -0.39 is 6.10 Å². The molecule has 2 saturated heterocycles. The summed E-state index contributed by atoms with van der Waals surface area (Å²) in [6.45, 7) is 6.51. The second-order valence-corrected chi connectivity index (χ2v) is 5.76. The Hall–Kier alpha value is -1.13. The molecule has 1 aromatic heterocycles. The molecule has 0 saturated carbocycles. The van der Waals surface area contributed by atoms with Crippen molar-refractivity contribution in [3.05, 3.63) is 23.9 Å². The molecule has 0 bridgehead atoms. The van der Waals surface area contributed by atoms with Gasteiger partial charge in [-0.25, -0.2) is 4.98 Å². The molecule has 104 valence electrons. The first-order valence-electron chi connectivity index (χ1n) is 7.37. The van der Waals surface area contributed by atoms with Crippen LogP contribution in [0.2, 0.25) is 0 Å². The molecule has 2 aliphatic rings. The van der Waals surface area contributed by atoms with Gasteiger partial charge in [0.15, 0.2) is 0 Å². The van der Waals surface area contributed by atoms with Crippen molar-refractivity contribution in [2.24, 2.45) is 0 Å². The summed E-state index contributed by atoms with van der Waals surface area (Å²) in [4.78, 5) is 9.49. The second-order valence-electron chi connectivity index (χ2n) is 5.76. The number of nitrogens with zero attached hydrogens (tertiary/aromatic N) is 3. The fraction of sp³-hybridized carbons (Fsp3) is 0.667. The molecule has 0 aromatic carbocycles. The van der Waals surface area contributed by atoms with Gasteiger partial charge in [0.05, 0.1) is 6.10 Å². The number of hydrogen-bond acceptors (Lipinski definition) is 4. The highest BCUT2D eigenvalue weighted by Gasteiger charge is 2.29. The Balaban J connectivity index is 1.63. The summed E-state index contributed by atoms with van der Waals surface area (Å²) in [6, 6.07) is 4.73. The summed E-state index contributed by atoms with van der Waals surface area (Å²) < 4.78 is 0. The van der Waals surface area contributed by atoms with E-state index in [-0.39, 0.29) is 0 Å². The van der Waals surface area contributed by atoms with E-state index in [0.29, 0.717) is 6.04 Å². The minimum atomic E-state index is -0.433. The van der Waals surface area contributed by atoms with Gasteiger partial charge >= 0.3 is 0 Å². The van der Waals surface area contributed by atoms with Crippen molar-refractivity contribution >= 4 is 5.82 Å². The maximum absolute atomic E-state index is 9.51. The van der Waals surface area contributed by atoms with Crippen LogP contribution in [-0.4, -0.2) is 47.2 Å². The Labute approximate surface area is 115 Å². The molecule has 0 aliphatic carbocycles. The lowest BCUT2D eigenvalue weighted by molar-refractivity contribution is 0.199. The van der Waals surface area contributed by atoms with E-state index in [9.17, 15) is 5.11 Å². The van der Waals surface area contributed by atoms with E-state index in [1.807, 2.05) is 12.1 Å². The van der Waals surface area contributed by atoms with Crippen LogP contribution in [0.3, 0.4) is 0 Å². The molecule has 2 aliphatic heterocycles. The molecule has 4 heteroatoms. The molecule has 1 N–H and O–H groups in total. The van der Waals surface area contributed by atoms with Gasteiger partial charge in [-0.2, -0.15) is 0 Å². The van der Waals surface area contributed by atoms with Gasteiger partial charge in [0.2, 0.25) is 0 Å². The van der Waals surface area contributed by atoms with E-state index in [4.69, 9.17) is 0 Å². The molecule has 2 fully saturated rings. The molecule has 0 amide bonds. The van der Waals surface area contributed by atoms with Gasteiger partial charge in [0.1, 0.15) is 5.82 Å². The van der Waals surface area contributed by atoms with Crippen LogP contribution >= 0.6 is 0 Å². The number of aliphatic hydroxyl groups is 1. The quantitative estimate of drug-likeness (QED) is 0.901. The Morgan fingerprint density at radius 2 is 2.05 bits per heavy atom. The molecule has 3 heterocycles. The van der Waals surface area contributed by atoms with Crippen LogP contribution < -0.4 is 4.90 Å². The maximum Gasteiger partial charge on any atom is 0.128 e. The van der Waals surface area contributed by atoms with E-state index >= 15 is 0 Å². The predicted octanol–water partition coefficient (Wildman–Crippen LogP) is 1.81. The molecule has 0 radical (unpaired) electrons. The standard InChI is InChI=1S/C15H23N3O/c1-12(19)13-4-5-15(16-10-13)18-9-6-14(11-18)17-7-2-3-8-17/h4-5,10,12,14,19H,2-3,6-9,11H2,1H3. The minimum Gasteiger partial charge on any atom is -0.389 e. The van der Waals surface area contributed by atoms with Crippen LogP contribution in [0.5, 0.6) is 0 Å². The highest BCUT2D eigenvalue weighted by Crippen LogP contribution is 2.24. The van der Waals surface area contributed by atoms with Crippen molar-refractivity contribution in [2.45, 2.75) is 38.3 Å². The first-order valence-corrected chi connectivity index (χ1v) is 7.37. The van der Waals surface area contributed by atoms with Crippen LogP contribution in [0.15, 0.2) is 18.3 Å². The van der Waals surface area contributed by atoms with Crippen molar-refractivity contribution in [3.63, 3.8) is 0 Å². The van der Waals surface area contributed by atoms with E-state index in [1.165, 1.54) is 32.4 Å². The van der Waals surface area contributed by atoms with Crippen LogP contribution in [-0.2, 0) is 0 Å². The zero-order valence-corrected chi connectivity index (χ0v) is 11.6. The topological polar surface area (TPSA) is 39.6 Å². The van der Waals surface area contributed by atoms with E-state index in [0.717, 1.165) is 24.5 Å². The molecule has 2 atom stereocenters. The molecule has 3 rings (SSSR count). The summed E-state index contributed by atoms with van der Waals surface area (Å²) in [6.07, 6.45) is 5.33. The van der Waals surface area contributed by atoms with Crippen molar-refractivity contribution in [1.82, 2.24) is 9.88 Å². The van der Waals surface area contributed by atoms with Crippen molar-refractivity contribution in [3.8, 4) is 0 Å². The Kier molecular flexibility index (Phi) is 3.71. The van der Waals surface area contributed by atoms with Crippen molar-refractivity contribution < 1.29 is 5.11 Å². The van der Waals surface area contributed by atoms with Gasteiger partial charge in [-0.1, -0.05) is 6.07 Å². The lowest BCUT2D eigenvalue weighted by Gasteiger charge is -2.24. The van der Waals surface area contributed by atoms with Gasteiger partial charge in [0, 0.05) is 25.3 Å². The Morgan fingerprint density at radius 3 is 2.68 bits per heavy atom. The molecule has 4 nitrogen and oxygen atoms in total. The van der Waals surface area contributed by atoms with Gasteiger partial charge in [-0.15, -0.1) is 0 Å². The summed E-state index contributed by atoms with van der Waals surface area (Å²) in [7, 11) is 0. The summed E-state index contributed by atoms with van der Waals surface area (Å²) in [5.41, 5.74) is 0.888. The molecule has 2 unspecified atom stereocenters. The summed E-state index contributed by atoms with van der Waals surface area (Å²) >= 11 is 0. The Morgan fingerprint density at radius 1 is 1.26 bits per heavy atom. The number of pyridine rings is 1. The number of hydrogen-bond donors (Lipinski definition) is 1. The lowest BCUT2D eigenvalue weighted by Crippen LogP contribution is -2.35. The predicted molar refractivity (Wildman–Crippen MR) is 76.3 cm³/mol. The monoisotopic (exact) mass is 261 g/mol. The second kappa shape index (κ2) is 5.47. The minimum absolute atomic E-state index is 0.433. The number of likely N-dealkylation sites (tertiary alicyclic amines) is 1. The first kappa shape index (κ1) is 12.9. The highest BCUT2D eigenvalue weighted by molar-refractivity contribution is 5.41. The Bertz CT molecular complexity index is 412.